The van der Waals surface area contributed by atoms with E-state index >= 15 is 0 Å². The van der Waals surface area contributed by atoms with E-state index in [4.69, 9.17) is 0 Å². The molecule has 4 aromatic rings. The van der Waals surface area contributed by atoms with E-state index in [9.17, 15) is 4.79 Å². The third-order valence-corrected chi connectivity index (χ3v) is 5.67. The number of aromatic nitrogens is 6. The first-order valence-electron chi connectivity index (χ1n) is 10.1. The topological polar surface area (TPSA) is 104 Å². The van der Waals surface area contributed by atoms with Gasteiger partial charge in [0.15, 0.2) is 5.69 Å². The molecule has 5 rings (SSSR count). The summed E-state index contributed by atoms with van der Waals surface area (Å²) in [5.74, 6) is 0.441. The van der Waals surface area contributed by atoms with Gasteiger partial charge in [0.1, 0.15) is 0 Å². The number of H-pyrrole nitrogens is 2. The summed E-state index contributed by atoms with van der Waals surface area (Å²) in [5.41, 5.74) is 3.86. The zero-order valence-electron chi connectivity index (χ0n) is 16.1. The van der Waals surface area contributed by atoms with E-state index in [0.29, 0.717) is 17.3 Å². The normalized spacial score (nSPS) is 15.0. The van der Waals surface area contributed by atoms with Crippen LogP contribution in [0.5, 0.6) is 0 Å². The van der Waals surface area contributed by atoms with Crippen LogP contribution in [0.3, 0.4) is 0 Å². The number of aromatic amines is 2. The van der Waals surface area contributed by atoms with Crippen molar-refractivity contribution in [3.05, 3.63) is 48.7 Å². The van der Waals surface area contributed by atoms with Crippen molar-refractivity contribution in [2.75, 3.05) is 5.32 Å². The fraction of sp³-hybridized carbons (Fsp3) is 0.333. The molecule has 0 aliphatic heterocycles. The van der Waals surface area contributed by atoms with E-state index in [1.165, 1.54) is 32.1 Å². The van der Waals surface area contributed by atoms with Crippen molar-refractivity contribution in [1.29, 1.82) is 0 Å². The molecule has 0 saturated heterocycles. The molecule has 3 N–H and O–H groups in total. The van der Waals surface area contributed by atoms with Crippen molar-refractivity contribution in [2.45, 2.75) is 38.6 Å². The summed E-state index contributed by atoms with van der Waals surface area (Å²) in [6, 6.07) is 5.83. The summed E-state index contributed by atoms with van der Waals surface area (Å²) < 4.78 is 1.94. The molecular weight excluding hydrogens is 366 g/mol. The molecule has 0 bridgehead atoms. The van der Waals surface area contributed by atoms with Gasteiger partial charge in [-0.05, 0) is 36.5 Å². The standard InChI is InChI=1S/C21H23N7O/c29-21(25-17-11-24-28(13-17)12-14-4-2-1-3-5-14)20-18-7-6-15(8-19(18)26-27-20)16-9-22-23-10-16/h6-11,13-14H,1-5,12H2,(H,22,23)(H,25,29)(H,26,27). The summed E-state index contributed by atoms with van der Waals surface area (Å²) in [7, 11) is 0. The lowest BCUT2D eigenvalue weighted by atomic mass is 9.89. The molecule has 0 unspecified atom stereocenters. The second-order valence-corrected chi connectivity index (χ2v) is 7.73. The fourth-order valence-corrected chi connectivity index (χ4v) is 4.13. The number of amides is 1. The lowest BCUT2D eigenvalue weighted by molar-refractivity contribution is 0.102. The van der Waals surface area contributed by atoms with Crippen LogP contribution in [0.2, 0.25) is 0 Å². The number of nitrogens with zero attached hydrogens (tertiary/aromatic N) is 4. The van der Waals surface area contributed by atoms with E-state index in [1.54, 1.807) is 12.4 Å². The molecule has 3 heterocycles. The van der Waals surface area contributed by atoms with Crippen molar-refractivity contribution < 1.29 is 4.79 Å². The number of anilines is 1. The van der Waals surface area contributed by atoms with E-state index in [-0.39, 0.29) is 5.91 Å². The number of hydrogen-bond acceptors (Lipinski definition) is 4. The molecule has 29 heavy (non-hydrogen) atoms. The molecule has 1 aliphatic rings. The molecular formula is C21H23N7O. The Morgan fingerprint density at radius 1 is 1.17 bits per heavy atom. The number of carbonyl (C=O) groups is 1. The van der Waals surface area contributed by atoms with Crippen LogP contribution in [0.15, 0.2) is 43.0 Å². The van der Waals surface area contributed by atoms with Crippen LogP contribution in [-0.4, -0.2) is 36.1 Å². The number of carbonyl (C=O) groups excluding carboxylic acids is 1. The van der Waals surface area contributed by atoms with Crippen LogP contribution in [0.1, 0.15) is 42.6 Å². The maximum Gasteiger partial charge on any atom is 0.276 e. The summed E-state index contributed by atoms with van der Waals surface area (Å²) in [4.78, 5) is 12.8. The molecule has 0 atom stereocenters. The van der Waals surface area contributed by atoms with Crippen LogP contribution in [0.4, 0.5) is 5.69 Å². The minimum absolute atomic E-state index is 0.246. The first kappa shape index (κ1) is 17.7. The number of benzene rings is 1. The van der Waals surface area contributed by atoms with Crippen molar-refractivity contribution >= 4 is 22.5 Å². The molecule has 0 radical (unpaired) electrons. The zero-order chi connectivity index (χ0) is 19.6. The van der Waals surface area contributed by atoms with Gasteiger partial charge in [-0.25, -0.2) is 0 Å². The lowest BCUT2D eigenvalue weighted by Gasteiger charge is -2.21. The minimum atomic E-state index is -0.246. The molecule has 1 aromatic carbocycles. The molecule has 8 heteroatoms. The number of rotatable bonds is 5. The highest BCUT2D eigenvalue weighted by molar-refractivity contribution is 6.11. The van der Waals surface area contributed by atoms with Crippen LogP contribution in [-0.2, 0) is 6.54 Å². The Bertz CT molecular complexity index is 1120. The monoisotopic (exact) mass is 389 g/mol. The van der Waals surface area contributed by atoms with Crippen molar-refractivity contribution in [1.82, 2.24) is 30.2 Å². The largest absolute Gasteiger partial charge is 0.318 e. The maximum atomic E-state index is 12.8. The molecule has 1 aliphatic carbocycles. The third kappa shape index (κ3) is 3.65. The predicted molar refractivity (Wildman–Crippen MR) is 110 cm³/mol. The fourth-order valence-electron chi connectivity index (χ4n) is 4.13. The van der Waals surface area contributed by atoms with Gasteiger partial charge in [-0.2, -0.15) is 15.3 Å². The Morgan fingerprint density at radius 3 is 2.90 bits per heavy atom. The molecule has 1 fully saturated rings. The van der Waals surface area contributed by atoms with E-state index in [2.05, 4.69) is 30.8 Å². The third-order valence-electron chi connectivity index (χ3n) is 5.67. The summed E-state index contributed by atoms with van der Waals surface area (Å²) >= 11 is 0. The number of hydrogen-bond donors (Lipinski definition) is 3. The Kier molecular flexibility index (Phi) is 4.59. The van der Waals surface area contributed by atoms with Gasteiger partial charge in [0.25, 0.3) is 5.91 Å². The van der Waals surface area contributed by atoms with Crippen LogP contribution < -0.4 is 5.32 Å². The van der Waals surface area contributed by atoms with Crippen molar-refractivity contribution in [3.8, 4) is 11.1 Å². The summed E-state index contributed by atoms with van der Waals surface area (Å²) in [6.45, 7) is 0.915. The number of fused-ring (bicyclic) bond motifs is 1. The number of nitrogens with one attached hydrogen (secondary N) is 3. The molecule has 0 spiro atoms. The zero-order valence-corrected chi connectivity index (χ0v) is 16.1. The Hall–Kier alpha value is -3.42. The Morgan fingerprint density at radius 2 is 2.07 bits per heavy atom. The van der Waals surface area contributed by atoms with E-state index in [0.717, 1.165) is 28.6 Å². The first-order valence-corrected chi connectivity index (χ1v) is 10.1. The molecule has 1 amide bonds. The minimum Gasteiger partial charge on any atom is -0.318 e. The maximum absolute atomic E-state index is 12.8. The van der Waals surface area contributed by atoms with Gasteiger partial charge in [-0.3, -0.25) is 19.7 Å². The van der Waals surface area contributed by atoms with Gasteiger partial charge in [0, 0.05) is 29.9 Å². The molecule has 8 nitrogen and oxygen atoms in total. The molecule has 1 saturated carbocycles. The Balaban J connectivity index is 1.30. The average molecular weight is 389 g/mol. The van der Waals surface area contributed by atoms with Crippen LogP contribution in [0, 0.1) is 5.92 Å². The van der Waals surface area contributed by atoms with Crippen LogP contribution in [0.25, 0.3) is 22.0 Å². The smallest absolute Gasteiger partial charge is 0.276 e. The highest BCUT2D eigenvalue weighted by Crippen LogP contribution is 2.26. The lowest BCUT2D eigenvalue weighted by Crippen LogP contribution is -2.14. The van der Waals surface area contributed by atoms with Crippen molar-refractivity contribution in [2.24, 2.45) is 5.92 Å². The second-order valence-electron chi connectivity index (χ2n) is 7.73. The highest BCUT2D eigenvalue weighted by atomic mass is 16.2. The SMILES string of the molecule is O=C(Nc1cnn(CC2CCCCC2)c1)c1n[nH]c2cc(-c3cn[nH]c3)ccc12. The Labute approximate surface area is 167 Å². The van der Waals surface area contributed by atoms with Gasteiger partial charge in [-0.1, -0.05) is 25.3 Å². The quantitative estimate of drug-likeness (QED) is 0.480. The summed E-state index contributed by atoms with van der Waals surface area (Å²) in [5, 5.41) is 22.1. The highest BCUT2D eigenvalue weighted by Gasteiger charge is 2.17. The second kappa shape index (κ2) is 7.54. The van der Waals surface area contributed by atoms with Crippen LogP contribution >= 0.6 is 0 Å². The van der Waals surface area contributed by atoms with E-state index in [1.807, 2.05) is 35.3 Å². The van der Waals surface area contributed by atoms with Gasteiger partial charge in [-0.15, -0.1) is 0 Å². The van der Waals surface area contributed by atoms with Gasteiger partial charge in [0.05, 0.1) is 23.6 Å². The van der Waals surface area contributed by atoms with Crippen molar-refractivity contribution in [3.63, 3.8) is 0 Å². The molecule has 3 aromatic heterocycles. The first-order chi connectivity index (χ1) is 14.3. The molecule has 148 valence electrons. The van der Waals surface area contributed by atoms with Gasteiger partial charge in [0.2, 0.25) is 0 Å². The predicted octanol–water partition coefficient (Wildman–Crippen LogP) is 3.98. The summed E-state index contributed by atoms with van der Waals surface area (Å²) in [6.07, 6.45) is 13.7. The van der Waals surface area contributed by atoms with E-state index < -0.39 is 0 Å². The average Bonchev–Trinajstić information content (AvgIpc) is 3.49. The van der Waals surface area contributed by atoms with Gasteiger partial charge < -0.3 is 5.32 Å². The van der Waals surface area contributed by atoms with Gasteiger partial charge >= 0.3 is 0 Å².